The van der Waals surface area contributed by atoms with Gasteiger partial charge in [-0.05, 0) is 27.7 Å². The van der Waals surface area contributed by atoms with Crippen LogP contribution in [0.2, 0.25) is 0 Å². The first-order chi connectivity index (χ1) is 7.17. The summed E-state index contributed by atoms with van der Waals surface area (Å²) in [5, 5.41) is 18.1. The lowest BCUT2D eigenvalue weighted by Gasteiger charge is -2.35. The maximum atomic E-state index is 11.4. The topological polar surface area (TPSA) is 76.0 Å². The van der Waals surface area contributed by atoms with Crippen molar-refractivity contribution in [2.24, 2.45) is 0 Å². The van der Waals surface area contributed by atoms with Crippen LogP contribution in [0.4, 0.5) is 0 Å². The lowest BCUT2D eigenvalue weighted by molar-refractivity contribution is -0.191. The second kappa shape index (κ2) is 3.98. The van der Waals surface area contributed by atoms with Crippen LogP contribution in [-0.4, -0.2) is 46.2 Å². The van der Waals surface area contributed by atoms with Crippen molar-refractivity contribution < 1.29 is 24.5 Å². The van der Waals surface area contributed by atoms with Crippen LogP contribution in [0.25, 0.3) is 0 Å². The summed E-state index contributed by atoms with van der Waals surface area (Å²) < 4.78 is 11.1. The first kappa shape index (κ1) is 13.4. The number of aliphatic hydroxyl groups excluding tert-OH is 1. The molecule has 2 N–H and O–H groups in total. The molecule has 1 saturated heterocycles. The Bertz CT molecular complexity index is 284. The van der Waals surface area contributed by atoms with Gasteiger partial charge in [0.2, 0.25) is 0 Å². The Morgan fingerprint density at radius 2 is 1.94 bits per heavy atom. The van der Waals surface area contributed by atoms with Crippen molar-refractivity contribution in [2.75, 3.05) is 13.2 Å². The van der Waals surface area contributed by atoms with Gasteiger partial charge in [0.1, 0.15) is 5.60 Å². The number of aliphatic hydroxyl groups is 1. The fourth-order valence-electron chi connectivity index (χ4n) is 2.46. The Kier molecular flexibility index (Phi) is 3.34. The van der Waals surface area contributed by atoms with E-state index in [1.54, 1.807) is 13.8 Å². The summed E-state index contributed by atoms with van der Waals surface area (Å²) in [6.07, 6.45) is 0.266. The maximum Gasteiger partial charge on any atom is 0.339 e. The van der Waals surface area contributed by atoms with E-state index in [1.165, 1.54) is 0 Å². The predicted molar refractivity (Wildman–Crippen MR) is 57.3 cm³/mol. The van der Waals surface area contributed by atoms with E-state index in [2.05, 4.69) is 0 Å². The number of rotatable bonds is 4. The van der Waals surface area contributed by atoms with E-state index in [1.807, 2.05) is 13.8 Å². The SMILES string of the molecule is CC1(C)CC(OCCO)(C(=O)O)C(C)(C)O1. The van der Waals surface area contributed by atoms with Crippen molar-refractivity contribution >= 4 is 5.97 Å². The predicted octanol–water partition coefficient (Wildman–Crippen LogP) is 0.796. The lowest BCUT2D eigenvalue weighted by atomic mass is 9.82. The van der Waals surface area contributed by atoms with Crippen LogP contribution >= 0.6 is 0 Å². The molecule has 16 heavy (non-hydrogen) atoms. The van der Waals surface area contributed by atoms with Crippen molar-refractivity contribution in [3.8, 4) is 0 Å². The zero-order valence-corrected chi connectivity index (χ0v) is 10.2. The van der Waals surface area contributed by atoms with Crippen LogP contribution in [0.1, 0.15) is 34.1 Å². The van der Waals surface area contributed by atoms with Gasteiger partial charge >= 0.3 is 5.97 Å². The fourth-order valence-corrected chi connectivity index (χ4v) is 2.46. The second-order valence-electron chi connectivity index (χ2n) is 5.25. The summed E-state index contributed by atoms with van der Waals surface area (Å²) in [4.78, 5) is 11.4. The average molecular weight is 232 g/mol. The van der Waals surface area contributed by atoms with Crippen molar-refractivity contribution in [1.82, 2.24) is 0 Å². The Morgan fingerprint density at radius 3 is 2.25 bits per heavy atom. The summed E-state index contributed by atoms with van der Waals surface area (Å²) in [6.45, 7) is 6.87. The molecular formula is C11H20O5. The largest absolute Gasteiger partial charge is 0.479 e. The lowest BCUT2D eigenvalue weighted by Crippen LogP contribution is -2.55. The van der Waals surface area contributed by atoms with Crippen molar-refractivity contribution in [1.29, 1.82) is 0 Å². The quantitative estimate of drug-likeness (QED) is 0.749. The number of carbonyl (C=O) groups is 1. The number of carboxylic acids is 1. The zero-order valence-electron chi connectivity index (χ0n) is 10.2. The molecule has 0 saturated carbocycles. The molecule has 94 valence electrons. The Balaban J connectivity index is 3.05. The van der Waals surface area contributed by atoms with E-state index in [-0.39, 0.29) is 19.6 Å². The molecule has 0 radical (unpaired) electrons. The highest BCUT2D eigenvalue weighted by atomic mass is 16.6. The summed E-state index contributed by atoms with van der Waals surface area (Å²) in [6, 6.07) is 0. The van der Waals surface area contributed by atoms with Gasteiger partial charge in [-0.15, -0.1) is 0 Å². The van der Waals surface area contributed by atoms with Crippen LogP contribution in [-0.2, 0) is 14.3 Å². The van der Waals surface area contributed by atoms with Crippen LogP contribution in [0.3, 0.4) is 0 Å². The van der Waals surface area contributed by atoms with E-state index in [9.17, 15) is 9.90 Å². The molecule has 5 nitrogen and oxygen atoms in total. The van der Waals surface area contributed by atoms with E-state index in [0.717, 1.165) is 0 Å². The first-order valence-electron chi connectivity index (χ1n) is 5.35. The minimum Gasteiger partial charge on any atom is -0.479 e. The van der Waals surface area contributed by atoms with Crippen LogP contribution in [0.15, 0.2) is 0 Å². The molecule has 1 unspecified atom stereocenters. The molecule has 0 aliphatic carbocycles. The number of hydrogen-bond acceptors (Lipinski definition) is 4. The Hall–Kier alpha value is -0.650. The third-order valence-electron chi connectivity index (χ3n) is 2.96. The Morgan fingerprint density at radius 1 is 1.38 bits per heavy atom. The summed E-state index contributed by atoms with van der Waals surface area (Å²) in [7, 11) is 0. The van der Waals surface area contributed by atoms with E-state index in [4.69, 9.17) is 14.6 Å². The smallest absolute Gasteiger partial charge is 0.339 e. The summed E-state index contributed by atoms with van der Waals surface area (Å²) >= 11 is 0. The van der Waals surface area contributed by atoms with Gasteiger partial charge in [-0.1, -0.05) is 0 Å². The highest BCUT2D eigenvalue weighted by Gasteiger charge is 2.63. The van der Waals surface area contributed by atoms with Crippen molar-refractivity contribution in [2.45, 2.75) is 50.9 Å². The highest BCUT2D eigenvalue weighted by molar-refractivity contribution is 5.80. The van der Waals surface area contributed by atoms with Gasteiger partial charge in [-0.2, -0.15) is 0 Å². The van der Waals surface area contributed by atoms with Crippen molar-refractivity contribution in [3.63, 3.8) is 0 Å². The molecule has 0 aromatic rings. The summed E-state index contributed by atoms with van der Waals surface area (Å²) in [5.74, 6) is -1.04. The molecule has 5 heteroatoms. The molecule has 1 fully saturated rings. The Labute approximate surface area is 95.4 Å². The maximum absolute atomic E-state index is 11.4. The third kappa shape index (κ3) is 2.07. The van der Waals surface area contributed by atoms with E-state index >= 15 is 0 Å². The van der Waals surface area contributed by atoms with Gasteiger partial charge in [0.25, 0.3) is 0 Å². The molecule has 0 amide bonds. The number of carboxylic acid groups (broad SMARTS) is 1. The normalized spacial score (nSPS) is 31.6. The molecule has 0 aromatic carbocycles. The molecule has 1 aliphatic rings. The van der Waals surface area contributed by atoms with Gasteiger partial charge < -0.3 is 19.7 Å². The molecule has 0 spiro atoms. The van der Waals surface area contributed by atoms with Crippen molar-refractivity contribution in [3.05, 3.63) is 0 Å². The summed E-state index contributed by atoms with van der Waals surface area (Å²) in [5.41, 5.74) is -2.85. The van der Waals surface area contributed by atoms with Crippen LogP contribution < -0.4 is 0 Å². The van der Waals surface area contributed by atoms with Gasteiger partial charge in [-0.25, -0.2) is 4.79 Å². The third-order valence-corrected chi connectivity index (χ3v) is 2.96. The molecule has 0 bridgehead atoms. The number of hydrogen-bond donors (Lipinski definition) is 2. The van der Waals surface area contributed by atoms with E-state index < -0.39 is 22.8 Å². The molecule has 0 aromatic heterocycles. The molecule has 1 rings (SSSR count). The molecule has 1 heterocycles. The van der Waals surface area contributed by atoms with Crippen LogP contribution in [0, 0.1) is 0 Å². The molecule has 1 atom stereocenters. The standard InChI is InChI=1S/C11H20O5/c1-9(2)7-11(8(13)14,15-6-5-12)10(3,4)16-9/h12H,5-7H2,1-4H3,(H,13,14). The van der Waals surface area contributed by atoms with Gasteiger partial charge in [-0.3, -0.25) is 0 Å². The minimum absolute atomic E-state index is 0.00479. The molecular weight excluding hydrogens is 212 g/mol. The monoisotopic (exact) mass is 232 g/mol. The average Bonchev–Trinajstić information content (AvgIpc) is 2.28. The first-order valence-corrected chi connectivity index (χ1v) is 5.35. The van der Waals surface area contributed by atoms with Gasteiger partial charge in [0, 0.05) is 6.42 Å². The van der Waals surface area contributed by atoms with Gasteiger partial charge in [0.15, 0.2) is 5.60 Å². The zero-order chi connectivity index (χ0) is 12.6. The van der Waals surface area contributed by atoms with Gasteiger partial charge in [0.05, 0.1) is 18.8 Å². The fraction of sp³-hybridized carbons (Fsp3) is 0.909. The number of aliphatic carboxylic acids is 1. The van der Waals surface area contributed by atoms with Crippen LogP contribution in [0.5, 0.6) is 0 Å². The number of ether oxygens (including phenoxy) is 2. The second-order valence-corrected chi connectivity index (χ2v) is 5.25. The molecule has 1 aliphatic heterocycles. The van der Waals surface area contributed by atoms with E-state index in [0.29, 0.717) is 0 Å². The highest BCUT2D eigenvalue weighted by Crippen LogP contribution is 2.47. The minimum atomic E-state index is -1.39.